The largest absolute Gasteiger partial charge is 0.378 e. The molecule has 0 unspecified atom stereocenters. The first kappa shape index (κ1) is 16.5. The molecular formula is C13H21ClFN5. The summed E-state index contributed by atoms with van der Waals surface area (Å²) in [6.45, 7) is 8.78. The van der Waals surface area contributed by atoms with Crippen molar-refractivity contribution in [3.63, 3.8) is 0 Å². The molecule has 0 bridgehead atoms. The molecule has 7 heteroatoms. The van der Waals surface area contributed by atoms with Gasteiger partial charge in [-0.05, 0) is 27.7 Å². The number of rotatable bonds is 5. The zero-order valence-electron chi connectivity index (χ0n) is 12.2. The van der Waals surface area contributed by atoms with Gasteiger partial charge in [0.05, 0.1) is 17.6 Å². The van der Waals surface area contributed by atoms with E-state index in [1.807, 2.05) is 24.7 Å². The van der Waals surface area contributed by atoms with Crippen molar-refractivity contribution in [2.75, 3.05) is 5.32 Å². The first-order valence-electron chi connectivity index (χ1n) is 6.52. The van der Waals surface area contributed by atoms with Crippen LogP contribution in [-0.2, 0) is 13.1 Å². The van der Waals surface area contributed by atoms with Gasteiger partial charge in [-0.3, -0.25) is 4.68 Å². The Balaban J connectivity index is 0.00000200. The molecule has 0 saturated heterocycles. The Bertz CT molecular complexity index is 561. The molecule has 0 fully saturated rings. The minimum absolute atomic E-state index is 0. The van der Waals surface area contributed by atoms with Crippen molar-refractivity contribution < 1.29 is 4.39 Å². The van der Waals surface area contributed by atoms with Crippen molar-refractivity contribution in [3.05, 3.63) is 29.6 Å². The zero-order chi connectivity index (χ0) is 14.0. The van der Waals surface area contributed by atoms with Crippen LogP contribution in [0.15, 0.2) is 12.4 Å². The van der Waals surface area contributed by atoms with Gasteiger partial charge < -0.3 is 5.32 Å². The zero-order valence-corrected chi connectivity index (χ0v) is 13.0. The summed E-state index contributed by atoms with van der Waals surface area (Å²) < 4.78 is 17.2. The lowest BCUT2D eigenvalue weighted by Crippen LogP contribution is -2.04. The second kappa shape index (κ2) is 6.74. The lowest BCUT2D eigenvalue weighted by atomic mass is 10.2. The molecule has 0 radical (unpaired) electrons. The average Bonchev–Trinajstić information content (AvgIpc) is 2.93. The second-order valence-electron chi connectivity index (χ2n) is 4.83. The Morgan fingerprint density at radius 3 is 2.60 bits per heavy atom. The molecule has 20 heavy (non-hydrogen) atoms. The number of aryl methyl sites for hydroxylation is 2. The van der Waals surface area contributed by atoms with Gasteiger partial charge in [-0.15, -0.1) is 12.4 Å². The fourth-order valence-electron chi connectivity index (χ4n) is 1.90. The molecule has 0 aromatic carbocycles. The van der Waals surface area contributed by atoms with E-state index in [1.54, 1.807) is 6.20 Å². The molecule has 2 aromatic heterocycles. The summed E-state index contributed by atoms with van der Waals surface area (Å²) in [4.78, 5) is 0. The highest BCUT2D eigenvalue weighted by atomic mass is 35.5. The summed E-state index contributed by atoms with van der Waals surface area (Å²) in [6, 6.07) is 0.317. The van der Waals surface area contributed by atoms with Crippen molar-refractivity contribution in [1.29, 1.82) is 0 Å². The molecule has 0 spiro atoms. The van der Waals surface area contributed by atoms with E-state index in [4.69, 9.17) is 0 Å². The summed E-state index contributed by atoms with van der Waals surface area (Å²) in [7, 11) is 0. The third-order valence-corrected chi connectivity index (χ3v) is 3.08. The first-order valence-corrected chi connectivity index (χ1v) is 6.52. The summed E-state index contributed by atoms with van der Waals surface area (Å²) in [5.74, 6) is -0.260. The van der Waals surface area contributed by atoms with Crippen LogP contribution in [0.4, 0.5) is 10.1 Å². The maximum absolute atomic E-state index is 14.0. The molecule has 0 aliphatic heterocycles. The third kappa shape index (κ3) is 3.30. The molecule has 0 amide bonds. The van der Waals surface area contributed by atoms with Gasteiger partial charge in [0, 0.05) is 30.9 Å². The van der Waals surface area contributed by atoms with Crippen LogP contribution in [0, 0.1) is 12.9 Å². The summed E-state index contributed by atoms with van der Waals surface area (Å²) >= 11 is 0. The van der Waals surface area contributed by atoms with Gasteiger partial charge >= 0.3 is 0 Å². The fraction of sp³-hybridized carbons (Fsp3) is 0.538. The van der Waals surface area contributed by atoms with Gasteiger partial charge in [-0.1, -0.05) is 0 Å². The van der Waals surface area contributed by atoms with Gasteiger partial charge in [0.1, 0.15) is 0 Å². The molecule has 112 valence electrons. The topological polar surface area (TPSA) is 47.7 Å². The van der Waals surface area contributed by atoms with E-state index >= 15 is 0 Å². The van der Waals surface area contributed by atoms with E-state index in [9.17, 15) is 4.39 Å². The van der Waals surface area contributed by atoms with Crippen LogP contribution < -0.4 is 5.32 Å². The van der Waals surface area contributed by atoms with Gasteiger partial charge in [0.25, 0.3) is 0 Å². The predicted molar refractivity (Wildman–Crippen MR) is 79.8 cm³/mol. The minimum Gasteiger partial charge on any atom is -0.378 e. The normalized spacial score (nSPS) is 10.7. The van der Waals surface area contributed by atoms with Crippen molar-refractivity contribution in [3.8, 4) is 0 Å². The van der Waals surface area contributed by atoms with E-state index in [1.165, 1.54) is 4.68 Å². The Hall–Kier alpha value is -1.56. The van der Waals surface area contributed by atoms with E-state index in [0.717, 1.165) is 11.4 Å². The molecule has 2 aromatic rings. The number of hydrogen-bond acceptors (Lipinski definition) is 3. The van der Waals surface area contributed by atoms with Gasteiger partial charge in [-0.2, -0.15) is 14.6 Å². The van der Waals surface area contributed by atoms with Crippen LogP contribution in [0.25, 0.3) is 0 Å². The number of nitrogens with zero attached hydrogens (tertiary/aromatic N) is 4. The molecule has 0 saturated carbocycles. The summed E-state index contributed by atoms with van der Waals surface area (Å²) in [5, 5.41) is 11.6. The van der Waals surface area contributed by atoms with Crippen molar-refractivity contribution in [2.45, 2.75) is 46.8 Å². The molecule has 2 heterocycles. The van der Waals surface area contributed by atoms with Crippen molar-refractivity contribution in [2.24, 2.45) is 0 Å². The lowest BCUT2D eigenvalue weighted by Gasteiger charge is -2.04. The van der Waals surface area contributed by atoms with Crippen molar-refractivity contribution >= 4 is 18.1 Å². The maximum atomic E-state index is 14.0. The van der Waals surface area contributed by atoms with Gasteiger partial charge in [0.2, 0.25) is 5.95 Å². The number of anilines is 1. The number of aromatic nitrogens is 4. The van der Waals surface area contributed by atoms with Crippen LogP contribution in [0.5, 0.6) is 0 Å². The Morgan fingerprint density at radius 1 is 1.40 bits per heavy atom. The second-order valence-corrected chi connectivity index (χ2v) is 4.83. The quantitative estimate of drug-likeness (QED) is 0.923. The third-order valence-electron chi connectivity index (χ3n) is 3.08. The summed E-state index contributed by atoms with van der Waals surface area (Å²) in [5.41, 5.74) is 2.22. The van der Waals surface area contributed by atoms with Crippen LogP contribution in [0.2, 0.25) is 0 Å². The molecule has 0 aliphatic rings. The van der Waals surface area contributed by atoms with E-state index < -0.39 is 0 Å². The Kier molecular flexibility index (Phi) is 5.56. The molecule has 0 aliphatic carbocycles. The lowest BCUT2D eigenvalue weighted by molar-refractivity contribution is 0.464. The number of nitrogens with one attached hydrogen (secondary N) is 1. The van der Waals surface area contributed by atoms with Gasteiger partial charge in [-0.25, -0.2) is 4.68 Å². The molecule has 0 atom stereocenters. The highest BCUT2D eigenvalue weighted by Crippen LogP contribution is 2.16. The van der Waals surface area contributed by atoms with Gasteiger partial charge in [0.15, 0.2) is 0 Å². The highest BCUT2D eigenvalue weighted by Gasteiger charge is 2.14. The van der Waals surface area contributed by atoms with E-state index in [2.05, 4.69) is 29.4 Å². The molecular weight excluding hydrogens is 281 g/mol. The minimum atomic E-state index is -0.260. The maximum Gasteiger partial charge on any atom is 0.216 e. The highest BCUT2D eigenvalue weighted by molar-refractivity contribution is 5.85. The smallest absolute Gasteiger partial charge is 0.216 e. The monoisotopic (exact) mass is 301 g/mol. The first-order chi connectivity index (χ1) is 9.02. The SMILES string of the molecule is CCn1nc(C)c(CNc2cnn(C(C)C)c2)c1F.Cl. The molecule has 1 N–H and O–H groups in total. The number of hydrogen-bond donors (Lipinski definition) is 1. The van der Waals surface area contributed by atoms with Crippen LogP contribution >= 0.6 is 12.4 Å². The van der Waals surface area contributed by atoms with Crippen LogP contribution in [0.1, 0.15) is 38.1 Å². The number of halogens is 2. The fourth-order valence-corrected chi connectivity index (χ4v) is 1.90. The predicted octanol–water partition coefficient (Wildman–Crippen LogP) is 3.16. The van der Waals surface area contributed by atoms with Crippen LogP contribution in [-0.4, -0.2) is 19.6 Å². The van der Waals surface area contributed by atoms with E-state index in [0.29, 0.717) is 24.7 Å². The Morgan fingerprint density at radius 2 is 2.10 bits per heavy atom. The summed E-state index contributed by atoms with van der Waals surface area (Å²) in [6.07, 6.45) is 3.67. The van der Waals surface area contributed by atoms with Crippen LogP contribution in [0.3, 0.4) is 0 Å². The molecule has 2 rings (SSSR count). The standard InChI is InChI=1S/C13H20FN5.ClH/c1-5-18-13(14)12(10(4)17-18)7-15-11-6-16-19(8-11)9(2)3;/h6,8-9,15H,5,7H2,1-4H3;1H. The van der Waals surface area contributed by atoms with Crippen molar-refractivity contribution in [1.82, 2.24) is 19.6 Å². The van der Waals surface area contributed by atoms with E-state index in [-0.39, 0.29) is 18.4 Å². The molecule has 5 nitrogen and oxygen atoms in total. The average molecular weight is 302 g/mol. The Labute approximate surface area is 124 Å².